The maximum absolute atomic E-state index is 5.78. The van der Waals surface area contributed by atoms with E-state index in [-0.39, 0.29) is 0 Å². The summed E-state index contributed by atoms with van der Waals surface area (Å²) in [5.41, 5.74) is 6.58. The summed E-state index contributed by atoms with van der Waals surface area (Å²) in [6.07, 6.45) is 2.47. The monoisotopic (exact) mass is 292 g/mol. The lowest BCUT2D eigenvalue weighted by Gasteiger charge is -2.10. The van der Waals surface area contributed by atoms with Crippen molar-refractivity contribution in [3.8, 4) is 11.6 Å². The molecule has 4 heteroatoms. The summed E-state index contributed by atoms with van der Waals surface area (Å²) in [5, 5.41) is 0. The first-order valence-electron chi connectivity index (χ1n) is 5.37. The molecule has 1 heterocycles. The minimum Gasteiger partial charge on any atom is -0.438 e. The molecule has 88 valence electrons. The standard InChI is InChI=1S/C13H13BrN2O/c14-11-5-1-2-6-12(11)17-13-10(7-8-15)4-3-9-16-13/h1-6,9H,7-8,15H2. The maximum atomic E-state index is 5.78. The third kappa shape index (κ3) is 3.05. The highest BCUT2D eigenvalue weighted by molar-refractivity contribution is 9.10. The molecular formula is C13H13BrN2O. The predicted molar refractivity (Wildman–Crippen MR) is 71.2 cm³/mol. The molecule has 0 spiro atoms. The number of halogens is 1. The fraction of sp³-hybridized carbons (Fsp3) is 0.154. The molecule has 2 aromatic rings. The van der Waals surface area contributed by atoms with E-state index in [0.29, 0.717) is 12.4 Å². The third-order valence-corrected chi connectivity index (χ3v) is 2.96. The highest BCUT2D eigenvalue weighted by Crippen LogP contribution is 2.29. The average Bonchev–Trinajstić information content (AvgIpc) is 2.35. The molecule has 0 aliphatic carbocycles. The Morgan fingerprint density at radius 1 is 1.18 bits per heavy atom. The van der Waals surface area contributed by atoms with Crippen molar-refractivity contribution in [2.75, 3.05) is 6.54 Å². The van der Waals surface area contributed by atoms with Gasteiger partial charge in [-0.25, -0.2) is 4.98 Å². The van der Waals surface area contributed by atoms with E-state index in [4.69, 9.17) is 10.5 Å². The number of nitrogens with zero attached hydrogens (tertiary/aromatic N) is 1. The summed E-state index contributed by atoms with van der Waals surface area (Å²) >= 11 is 3.44. The Hall–Kier alpha value is -1.39. The molecule has 17 heavy (non-hydrogen) atoms. The van der Waals surface area contributed by atoms with Crippen molar-refractivity contribution in [1.82, 2.24) is 4.98 Å². The number of aromatic nitrogens is 1. The van der Waals surface area contributed by atoms with Crippen molar-refractivity contribution in [2.24, 2.45) is 5.73 Å². The molecule has 0 saturated carbocycles. The zero-order valence-electron chi connectivity index (χ0n) is 9.27. The van der Waals surface area contributed by atoms with Crippen LogP contribution in [0.15, 0.2) is 47.1 Å². The molecule has 0 fully saturated rings. The second-order valence-electron chi connectivity index (χ2n) is 3.54. The van der Waals surface area contributed by atoms with E-state index in [1.165, 1.54) is 0 Å². The average molecular weight is 293 g/mol. The van der Waals surface area contributed by atoms with E-state index in [0.717, 1.165) is 22.2 Å². The highest BCUT2D eigenvalue weighted by atomic mass is 79.9. The molecule has 0 aliphatic rings. The van der Waals surface area contributed by atoms with Gasteiger partial charge in [0, 0.05) is 11.8 Å². The fourth-order valence-corrected chi connectivity index (χ4v) is 1.86. The molecule has 2 N–H and O–H groups in total. The number of ether oxygens (including phenoxy) is 1. The Morgan fingerprint density at radius 2 is 2.00 bits per heavy atom. The van der Waals surface area contributed by atoms with Crippen LogP contribution < -0.4 is 10.5 Å². The normalized spacial score (nSPS) is 10.2. The van der Waals surface area contributed by atoms with Crippen molar-refractivity contribution < 1.29 is 4.74 Å². The van der Waals surface area contributed by atoms with Crippen LogP contribution in [-0.4, -0.2) is 11.5 Å². The largest absolute Gasteiger partial charge is 0.438 e. The summed E-state index contributed by atoms with van der Waals surface area (Å²) in [5.74, 6) is 1.37. The number of hydrogen-bond donors (Lipinski definition) is 1. The first-order valence-corrected chi connectivity index (χ1v) is 6.17. The summed E-state index contributed by atoms with van der Waals surface area (Å²) in [6, 6.07) is 11.6. The second kappa shape index (κ2) is 5.80. The maximum Gasteiger partial charge on any atom is 0.222 e. The minimum atomic E-state index is 0.581. The molecular weight excluding hydrogens is 280 g/mol. The Balaban J connectivity index is 2.27. The van der Waals surface area contributed by atoms with Crippen molar-refractivity contribution in [2.45, 2.75) is 6.42 Å². The lowest BCUT2D eigenvalue weighted by atomic mass is 10.2. The molecule has 0 atom stereocenters. The van der Waals surface area contributed by atoms with Gasteiger partial charge in [-0.15, -0.1) is 0 Å². The lowest BCUT2D eigenvalue weighted by Crippen LogP contribution is -2.04. The van der Waals surface area contributed by atoms with Crippen LogP contribution in [-0.2, 0) is 6.42 Å². The quantitative estimate of drug-likeness (QED) is 0.942. The Morgan fingerprint density at radius 3 is 2.76 bits per heavy atom. The topological polar surface area (TPSA) is 48.1 Å². The summed E-state index contributed by atoms with van der Waals surface area (Å²) in [7, 11) is 0. The van der Waals surface area contributed by atoms with Gasteiger partial charge < -0.3 is 10.5 Å². The van der Waals surface area contributed by atoms with Crippen molar-refractivity contribution in [1.29, 1.82) is 0 Å². The first kappa shape index (κ1) is 12.1. The summed E-state index contributed by atoms with van der Waals surface area (Å²) < 4.78 is 6.69. The van der Waals surface area contributed by atoms with Crippen LogP contribution in [0, 0.1) is 0 Å². The number of pyridine rings is 1. The number of hydrogen-bond acceptors (Lipinski definition) is 3. The van der Waals surface area contributed by atoms with Crippen molar-refractivity contribution >= 4 is 15.9 Å². The molecule has 0 radical (unpaired) electrons. The zero-order chi connectivity index (χ0) is 12.1. The van der Waals surface area contributed by atoms with Crippen LogP contribution in [0.3, 0.4) is 0 Å². The van der Waals surface area contributed by atoms with Gasteiger partial charge in [0.05, 0.1) is 4.47 Å². The van der Waals surface area contributed by atoms with Gasteiger partial charge in [-0.1, -0.05) is 18.2 Å². The molecule has 0 unspecified atom stereocenters. The Bertz CT molecular complexity index is 502. The highest BCUT2D eigenvalue weighted by Gasteiger charge is 2.07. The van der Waals surface area contributed by atoms with Crippen LogP contribution in [0.5, 0.6) is 11.6 Å². The van der Waals surface area contributed by atoms with Gasteiger partial charge in [-0.3, -0.25) is 0 Å². The van der Waals surface area contributed by atoms with Gasteiger partial charge >= 0.3 is 0 Å². The molecule has 2 rings (SSSR count). The van der Waals surface area contributed by atoms with E-state index in [1.807, 2.05) is 36.4 Å². The van der Waals surface area contributed by atoms with Crippen LogP contribution in [0.4, 0.5) is 0 Å². The third-order valence-electron chi connectivity index (χ3n) is 2.31. The van der Waals surface area contributed by atoms with E-state index >= 15 is 0 Å². The summed E-state index contributed by atoms with van der Waals surface area (Å²) in [6.45, 7) is 0.581. The molecule has 1 aromatic carbocycles. The SMILES string of the molecule is NCCc1cccnc1Oc1ccccc1Br. The first-order chi connectivity index (χ1) is 8.31. The summed E-state index contributed by atoms with van der Waals surface area (Å²) in [4.78, 5) is 4.24. The van der Waals surface area contributed by atoms with Gasteiger partial charge in [-0.2, -0.15) is 0 Å². The predicted octanol–water partition coefficient (Wildman–Crippen LogP) is 3.14. The zero-order valence-corrected chi connectivity index (χ0v) is 10.9. The van der Waals surface area contributed by atoms with Gasteiger partial charge in [0.25, 0.3) is 0 Å². The number of benzene rings is 1. The van der Waals surface area contributed by atoms with Crippen molar-refractivity contribution in [3.63, 3.8) is 0 Å². The number of nitrogens with two attached hydrogens (primary N) is 1. The molecule has 0 amide bonds. The van der Waals surface area contributed by atoms with Crippen LogP contribution in [0.2, 0.25) is 0 Å². The van der Waals surface area contributed by atoms with Gasteiger partial charge in [0.15, 0.2) is 0 Å². The van der Waals surface area contributed by atoms with E-state index in [9.17, 15) is 0 Å². The minimum absolute atomic E-state index is 0.581. The Labute approximate surface area is 109 Å². The molecule has 0 saturated heterocycles. The van der Waals surface area contributed by atoms with Gasteiger partial charge in [0.1, 0.15) is 5.75 Å². The fourth-order valence-electron chi connectivity index (χ4n) is 1.49. The van der Waals surface area contributed by atoms with E-state index in [1.54, 1.807) is 6.20 Å². The molecule has 0 aliphatic heterocycles. The van der Waals surface area contributed by atoms with Crippen LogP contribution in [0.1, 0.15) is 5.56 Å². The van der Waals surface area contributed by atoms with Crippen molar-refractivity contribution in [3.05, 3.63) is 52.6 Å². The molecule has 0 bridgehead atoms. The van der Waals surface area contributed by atoms with Gasteiger partial charge in [0.2, 0.25) is 5.88 Å². The van der Waals surface area contributed by atoms with Crippen LogP contribution in [0.25, 0.3) is 0 Å². The molecule has 1 aromatic heterocycles. The molecule has 3 nitrogen and oxygen atoms in total. The van der Waals surface area contributed by atoms with Gasteiger partial charge in [-0.05, 0) is 47.1 Å². The smallest absolute Gasteiger partial charge is 0.222 e. The second-order valence-corrected chi connectivity index (χ2v) is 4.39. The van der Waals surface area contributed by atoms with Crippen LogP contribution >= 0.6 is 15.9 Å². The number of para-hydroxylation sites is 1. The van der Waals surface area contributed by atoms with E-state index in [2.05, 4.69) is 20.9 Å². The lowest BCUT2D eigenvalue weighted by molar-refractivity contribution is 0.453. The number of rotatable bonds is 4. The van der Waals surface area contributed by atoms with E-state index < -0.39 is 0 Å². The Kier molecular flexibility index (Phi) is 4.12.